The number of nitrogens with zero attached hydrogens (tertiary/aromatic N) is 2. The first-order valence-electron chi connectivity index (χ1n) is 8.61. The number of halogens is 1. The quantitative estimate of drug-likeness (QED) is 0.461. The van der Waals surface area contributed by atoms with E-state index in [0.717, 1.165) is 16.2 Å². The SMILES string of the molecule is C[N+](C)(CCC[Si](C)(C)C)C1CCN(c2ccc(N)cc2)C1.[Cl-]. The summed E-state index contributed by atoms with van der Waals surface area (Å²) < 4.78 is 1.16. The Hall–Kier alpha value is -0.713. The van der Waals surface area contributed by atoms with Crippen molar-refractivity contribution in [1.82, 2.24) is 0 Å². The Morgan fingerprint density at radius 3 is 2.35 bits per heavy atom. The number of hydrogen-bond donors (Lipinski definition) is 1. The predicted octanol–water partition coefficient (Wildman–Crippen LogP) is 0.656. The van der Waals surface area contributed by atoms with Crippen molar-refractivity contribution in [2.45, 2.75) is 44.6 Å². The number of hydrogen-bond acceptors (Lipinski definition) is 2. The predicted molar refractivity (Wildman–Crippen MR) is 101 cm³/mol. The molecule has 0 aromatic heterocycles. The van der Waals surface area contributed by atoms with Crippen molar-refractivity contribution in [3.8, 4) is 0 Å². The average Bonchev–Trinajstić information content (AvgIpc) is 2.88. The van der Waals surface area contributed by atoms with Crippen molar-refractivity contribution in [2.75, 3.05) is 44.4 Å². The Kier molecular flexibility index (Phi) is 6.99. The maximum atomic E-state index is 5.79. The monoisotopic (exact) mass is 355 g/mol. The lowest BCUT2D eigenvalue weighted by atomic mass is 10.2. The van der Waals surface area contributed by atoms with Crippen LogP contribution in [0, 0.1) is 0 Å². The van der Waals surface area contributed by atoms with E-state index >= 15 is 0 Å². The summed E-state index contributed by atoms with van der Waals surface area (Å²) in [6, 6.07) is 10.5. The first kappa shape index (κ1) is 20.3. The van der Waals surface area contributed by atoms with E-state index in [-0.39, 0.29) is 12.4 Å². The van der Waals surface area contributed by atoms with Crippen LogP contribution in [0.5, 0.6) is 0 Å². The lowest BCUT2D eigenvalue weighted by molar-refractivity contribution is -0.912. The van der Waals surface area contributed by atoms with Crippen LogP contribution in [0.3, 0.4) is 0 Å². The highest BCUT2D eigenvalue weighted by atomic mass is 35.5. The van der Waals surface area contributed by atoms with Crippen molar-refractivity contribution >= 4 is 19.4 Å². The van der Waals surface area contributed by atoms with Crippen molar-refractivity contribution in [2.24, 2.45) is 0 Å². The molecule has 1 aliphatic rings. The number of rotatable bonds is 6. The van der Waals surface area contributed by atoms with E-state index in [1.165, 1.54) is 44.2 Å². The van der Waals surface area contributed by atoms with Gasteiger partial charge in [-0.15, -0.1) is 0 Å². The first-order valence-corrected chi connectivity index (χ1v) is 12.3. The Morgan fingerprint density at radius 2 is 1.78 bits per heavy atom. The zero-order valence-electron chi connectivity index (χ0n) is 15.5. The van der Waals surface area contributed by atoms with Gasteiger partial charge in [-0.2, -0.15) is 0 Å². The fourth-order valence-corrected chi connectivity index (χ4v) is 4.65. The molecule has 1 atom stereocenters. The lowest BCUT2D eigenvalue weighted by Crippen LogP contribution is -3.00. The Balaban J connectivity index is 0.00000264. The van der Waals surface area contributed by atoms with Gasteiger partial charge >= 0.3 is 0 Å². The third-order valence-corrected chi connectivity index (χ3v) is 6.92. The van der Waals surface area contributed by atoms with Gasteiger partial charge < -0.3 is 27.5 Å². The van der Waals surface area contributed by atoms with E-state index in [4.69, 9.17) is 5.73 Å². The van der Waals surface area contributed by atoms with Gasteiger partial charge in [0.15, 0.2) is 0 Å². The van der Waals surface area contributed by atoms with Crippen LogP contribution in [-0.4, -0.2) is 52.3 Å². The van der Waals surface area contributed by atoms with Gasteiger partial charge in [0.05, 0.1) is 27.2 Å². The molecule has 1 saturated heterocycles. The molecule has 1 aromatic rings. The number of quaternary nitrogens is 1. The molecule has 1 heterocycles. The Bertz CT molecular complexity index is 482. The number of likely N-dealkylation sites (N-methyl/N-ethyl adjacent to an activating group) is 1. The third-order valence-electron chi connectivity index (χ3n) is 5.07. The van der Waals surface area contributed by atoms with Crippen LogP contribution in [0.2, 0.25) is 25.7 Å². The number of anilines is 2. The first-order chi connectivity index (χ1) is 10.2. The maximum absolute atomic E-state index is 5.79. The fraction of sp³-hybridized carbons (Fsp3) is 0.667. The van der Waals surface area contributed by atoms with Crippen LogP contribution in [0.25, 0.3) is 0 Å². The number of benzene rings is 1. The van der Waals surface area contributed by atoms with Crippen molar-refractivity contribution in [3.63, 3.8) is 0 Å². The highest BCUT2D eigenvalue weighted by Gasteiger charge is 2.35. The van der Waals surface area contributed by atoms with Crippen molar-refractivity contribution < 1.29 is 16.9 Å². The molecule has 1 fully saturated rings. The summed E-state index contributed by atoms with van der Waals surface area (Å²) in [5.74, 6) is 0. The molecule has 0 bridgehead atoms. The van der Waals surface area contributed by atoms with E-state index in [0.29, 0.717) is 0 Å². The van der Waals surface area contributed by atoms with Crippen LogP contribution in [0.1, 0.15) is 12.8 Å². The molecule has 2 rings (SSSR count). The smallest absolute Gasteiger partial charge is 0.108 e. The van der Waals surface area contributed by atoms with Gasteiger partial charge in [0.2, 0.25) is 0 Å². The van der Waals surface area contributed by atoms with E-state index < -0.39 is 8.07 Å². The highest BCUT2D eigenvalue weighted by Crippen LogP contribution is 2.26. The molecule has 5 heteroatoms. The third kappa shape index (κ3) is 6.01. The molecule has 0 aliphatic carbocycles. The van der Waals surface area contributed by atoms with Crippen LogP contribution in [-0.2, 0) is 0 Å². The fourth-order valence-electron chi connectivity index (χ4n) is 3.43. The van der Waals surface area contributed by atoms with Gasteiger partial charge in [-0.25, -0.2) is 0 Å². The number of nitrogen functional groups attached to an aromatic ring is 1. The minimum Gasteiger partial charge on any atom is -1.00 e. The van der Waals surface area contributed by atoms with Crippen LogP contribution >= 0.6 is 0 Å². The molecule has 132 valence electrons. The molecule has 1 aliphatic heterocycles. The van der Waals surface area contributed by atoms with Gasteiger partial charge in [0.25, 0.3) is 0 Å². The molecule has 2 N–H and O–H groups in total. The maximum Gasteiger partial charge on any atom is 0.108 e. The van der Waals surface area contributed by atoms with E-state index in [2.05, 4.69) is 50.8 Å². The molecule has 0 saturated carbocycles. The summed E-state index contributed by atoms with van der Waals surface area (Å²) in [7, 11) is 3.94. The summed E-state index contributed by atoms with van der Waals surface area (Å²) in [4.78, 5) is 2.52. The second-order valence-electron chi connectivity index (χ2n) is 8.65. The summed E-state index contributed by atoms with van der Waals surface area (Å²) in [5, 5.41) is 0. The average molecular weight is 356 g/mol. The van der Waals surface area contributed by atoms with Crippen LogP contribution in [0.15, 0.2) is 24.3 Å². The molecule has 1 unspecified atom stereocenters. The normalized spacial score (nSPS) is 18.8. The summed E-state index contributed by atoms with van der Waals surface area (Å²) in [5.41, 5.74) is 7.96. The topological polar surface area (TPSA) is 29.3 Å². The van der Waals surface area contributed by atoms with Gasteiger partial charge in [-0.05, 0) is 30.7 Å². The summed E-state index contributed by atoms with van der Waals surface area (Å²) >= 11 is 0. The lowest BCUT2D eigenvalue weighted by Gasteiger charge is -2.37. The van der Waals surface area contributed by atoms with E-state index in [1.54, 1.807) is 0 Å². The molecule has 0 radical (unpaired) electrons. The molecule has 0 spiro atoms. The van der Waals surface area contributed by atoms with Crippen LogP contribution in [0.4, 0.5) is 11.4 Å². The minimum absolute atomic E-state index is 0. The zero-order valence-corrected chi connectivity index (χ0v) is 17.2. The zero-order chi connectivity index (χ0) is 16.4. The molecular weight excluding hydrogens is 322 g/mol. The van der Waals surface area contributed by atoms with Gasteiger partial charge in [-0.1, -0.05) is 25.7 Å². The van der Waals surface area contributed by atoms with Crippen molar-refractivity contribution in [3.05, 3.63) is 24.3 Å². The van der Waals surface area contributed by atoms with Crippen LogP contribution < -0.4 is 23.0 Å². The van der Waals surface area contributed by atoms with Gasteiger partial charge in [0.1, 0.15) is 6.04 Å². The summed E-state index contributed by atoms with van der Waals surface area (Å²) in [6.07, 6.45) is 2.67. The summed E-state index contributed by atoms with van der Waals surface area (Å²) in [6.45, 7) is 11.1. The second kappa shape index (κ2) is 7.91. The molecule has 23 heavy (non-hydrogen) atoms. The molecule has 3 nitrogen and oxygen atoms in total. The second-order valence-corrected chi connectivity index (χ2v) is 14.3. The van der Waals surface area contributed by atoms with Gasteiger partial charge in [0, 0.05) is 32.4 Å². The Labute approximate surface area is 149 Å². The molecule has 1 aromatic carbocycles. The van der Waals surface area contributed by atoms with E-state index in [9.17, 15) is 0 Å². The van der Waals surface area contributed by atoms with Gasteiger partial charge in [-0.3, -0.25) is 0 Å². The highest BCUT2D eigenvalue weighted by molar-refractivity contribution is 6.76. The number of nitrogens with two attached hydrogens (primary N) is 1. The minimum atomic E-state index is -0.900. The largest absolute Gasteiger partial charge is 1.00 e. The van der Waals surface area contributed by atoms with Crippen molar-refractivity contribution in [1.29, 1.82) is 0 Å². The Morgan fingerprint density at radius 1 is 1.17 bits per heavy atom. The molecular formula is C18H34ClN3Si. The molecule has 0 amide bonds. The standard InChI is InChI=1S/C18H34N3Si.ClH/c1-21(2,13-6-14-22(3,4)5)18-11-12-20(15-18)17-9-7-16(19)8-10-17;/h7-10,18H,6,11-15,19H2,1-5H3;1H/q+1;/p-1. The van der Waals surface area contributed by atoms with E-state index in [1.807, 2.05) is 12.1 Å².